The minimum atomic E-state index is 0.0971. The van der Waals surface area contributed by atoms with Gasteiger partial charge in [-0.05, 0) is 12.0 Å². The summed E-state index contributed by atoms with van der Waals surface area (Å²) in [7, 11) is 0. The molecule has 1 amide bonds. The molecule has 0 heterocycles. The van der Waals surface area contributed by atoms with E-state index in [-0.39, 0.29) is 5.91 Å². The monoisotopic (exact) mass is 233 g/mol. The van der Waals surface area contributed by atoms with Gasteiger partial charge in [-0.25, -0.2) is 0 Å². The molecule has 0 aliphatic rings. The van der Waals surface area contributed by atoms with E-state index in [9.17, 15) is 9.59 Å². The van der Waals surface area contributed by atoms with Crippen LogP contribution in [-0.2, 0) is 16.0 Å². The van der Waals surface area contributed by atoms with Gasteiger partial charge in [-0.1, -0.05) is 37.3 Å². The lowest BCUT2D eigenvalue weighted by molar-refractivity contribution is -0.130. The largest absolute Gasteiger partial charge is 0.342 e. The molecule has 0 spiro atoms. The predicted octanol–water partition coefficient (Wildman–Crippen LogP) is 2.06. The second-order valence-electron chi connectivity index (χ2n) is 4.00. The SMILES string of the molecule is CCCN(CCC=O)C(=O)Cc1ccccc1. The third-order valence-corrected chi connectivity index (χ3v) is 2.56. The summed E-state index contributed by atoms with van der Waals surface area (Å²) >= 11 is 0. The van der Waals surface area contributed by atoms with Crippen LogP contribution >= 0.6 is 0 Å². The van der Waals surface area contributed by atoms with E-state index >= 15 is 0 Å². The van der Waals surface area contributed by atoms with Crippen molar-refractivity contribution < 1.29 is 9.59 Å². The quantitative estimate of drug-likeness (QED) is 0.676. The van der Waals surface area contributed by atoms with Crippen molar-refractivity contribution in [2.24, 2.45) is 0 Å². The summed E-state index contributed by atoms with van der Waals surface area (Å²) in [4.78, 5) is 24.1. The Kier molecular flexibility index (Phi) is 6.00. The Morgan fingerprint density at radius 3 is 2.53 bits per heavy atom. The number of rotatable bonds is 7. The zero-order valence-corrected chi connectivity index (χ0v) is 10.3. The molecule has 1 rings (SSSR count). The fourth-order valence-electron chi connectivity index (χ4n) is 1.72. The number of carbonyl (C=O) groups excluding carboxylic acids is 2. The minimum absolute atomic E-state index is 0.0971. The van der Waals surface area contributed by atoms with Gasteiger partial charge in [0.05, 0.1) is 6.42 Å². The van der Waals surface area contributed by atoms with Crippen molar-refractivity contribution in [1.82, 2.24) is 4.90 Å². The molecular formula is C14H19NO2. The van der Waals surface area contributed by atoms with E-state index in [2.05, 4.69) is 0 Å². The average molecular weight is 233 g/mol. The van der Waals surface area contributed by atoms with Crippen molar-refractivity contribution in [2.75, 3.05) is 13.1 Å². The summed E-state index contributed by atoms with van der Waals surface area (Å²) < 4.78 is 0. The van der Waals surface area contributed by atoms with Gasteiger partial charge in [0.15, 0.2) is 0 Å². The van der Waals surface area contributed by atoms with E-state index in [1.165, 1.54) is 0 Å². The molecule has 92 valence electrons. The molecule has 3 heteroatoms. The van der Waals surface area contributed by atoms with Crippen molar-refractivity contribution in [3.8, 4) is 0 Å². The highest BCUT2D eigenvalue weighted by molar-refractivity contribution is 5.79. The van der Waals surface area contributed by atoms with Gasteiger partial charge in [-0.3, -0.25) is 4.79 Å². The number of amides is 1. The standard InChI is InChI=1S/C14H19NO2/c1-2-9-15(10-6-11-16)14(17)12-13-7-4-3-5-8-13/h3-5,7-8,11H,2,6,9-10,12H2,1H3. The second-order valence-corrected chi connectivity index (χ2v) is 4.00. The number of aldehydes is 1. The van der Waals surface area contributed by atoms with E-state index in [0.717, 1.165) is 24.8 Å². The minimum Gasteiger partial charge on any atom is -0.342 e. The first-order valence-electron chi connectivity index (χ1n) is 6.03. The summed E-state index contributed by atoms with van der Waals surface area (Å²) in [6, 6.07) is 9.68. The molecule has 17 heavy (non-hydrogen) atoms. The summed E-state index contributed by atoms with van der Waals surface area (Å²) in [5.74, 6) is 0.0971. The molecule has 1 aromatic carbocycles. The third kappa shape index (κ3) is 4.81. The fraction of sp³-hybridized carbons (Fsp3) is 0.429. The maximum Gasteiger partial charge on any atom is 0.227 e. The van der Waals surface area contributed by atoms with Crippen LogP contribution in [0.4, 0.5) is 0 Å². The van der Waals surface area contributed by atoms with Crippen LogP contribution in [-0.4, -0.2) is 30.2 Å². The van der Waals surface area contributed by atoms with Crippen LogP contribution in [0, 0.1) is 0 Å². The first-order valence-corrected chi connectivity index (χ1v) is 6.03. The maximum atomic E-state index is 12.0. The molecule has 0 atom stereocenters. The predicted molar refractivity (Wildman–Crippen MR) is 67.7 cm³/mol. The van der Waals surface area contributed by atoms with Gasteiger partial charge in [0, 0.05) is 19.5 Å². The van der Waals surface area contributed by atoms with Crippen LogP contribution in [0.3, 0.4) is 0 Å². The maximum absolute atomic E-state index is 12.0. The topological polar surface area (TPSA) is 37.4 Å². The highest BCUT2D eigenvalue weighted by atomic mass is 16.2. The van der Waals surface area contributed by atoms with Crippen LogP contribution in [0.5, 0.6) is 0 Å². The molecule has 0 saturated carbocycles. The van der Waals surface area contributed by atoms with Gasteiger partial charge in [-0.2, -0.15) is 0 Å². The Balaban J connectivity index is 2.55. The second kappa shape index (κ2) is 7.60. The zero-order chi connectivity index (χ0) is 12.5. The Hall–Kier alpha value is -1.64. The molecule has 0 N–H and O–H groups in total. The molecule has 0 aliphatic carbocycles. The van der Waals surface area contributed by atoms with E-state index in [1.807, 2.05) is 37.3 Å². The molecule has 0 unspecified atom stereocenters. The van der Waals surface area contributed by atoms with Crippen LogP contribution < -0.4 is 0 Å². The van der Waals surface area contributed by atoms with Crippen LogP contribution in [0.2, 0.25) is 0 Å². The molecule has 1 aromatic rings. The van der Waals surface area contributed by atoms with Crippen LogP contribution in [0.25, 0.3) is 0 Å². The average Bonchev–Trinajstić information content (AvgIpc) is 2.35. The van der Waals surface area contributed by atoms with Crippen LogP contribution in [0.1, 0.15) is 25.3 Å². The molecule has 3 nitrogen and oxygen atoms in total. The van der Waals surface area contributed by atoms with Crippen LogP contribution in [0.15, 0.2) is 30.3 Å². The number of nitrogens with zero attached hydrogens (tertiary/aromatic N) is 1. The summed E-state index contributed by atoms with van der Waals surface area (Å²) in [6.45, 7) is 3.28. The molecular weight excluding hydrogens is 214 g/mol. The third-order valence-electron chi connectivity index (χ3n) is 2.56. The molecule has 0 aromatic heterocycles. The first kappa shape index (κ1) is 13.4. The van der Waals surface area contributed by atoms with E-state index in [4.69, 9.17) is 0 Å². The highest BCUT2D eigenvalue weighted by Gasteiger charge is 2.12. The van der Waals surface area contributed by atoms with E-state index in [0.29, 0.717) is 19.4 Å². The lowest BCUT2D eigenvalue weighted by Gasteiger charge is -2.21. The Morgan fingerprint density at radius 1 is 1.24 bits per heavy atom. The molecule has 0 aliphatic heterocycles. The van der Waals surface area contributed by atoms with Gasteiger partial charge in [0.2, 0.25) is 5.91 Å². The molecule has 0 saturated heterocycles. The molecule has 0 radical (unpaired) electrons. The summed E-state index contributed by atoms with van der Waals surface area (Å²) in [5, 5.41) is 0. The fourth-order valence-corrected chi connectivity index (χ4v) is 1.72. The van der Waals surface area contributed by atoms with Gasteiger partial charge in [0.25, 0.3) is 0 Å². The zero-order valence-electron chi connectivity index (χ0n) is 10.3. The van der Waals surface area contributed by atoms with Gasteiger partial charge in [-0.15, -0.1) is 0 Å². The number of hydrogen-bond donors (Lipinski definition) is 0. The van der Waals surface area contributed by atoms with Gasteiger partial charge in [0.1, 0.15) is 6.29 Å². The highest BCUT2D eigenvalue weighted by Crippen LogP contribution is 2.04. The number of carbonyl (C=O) groups is 2. The Bertz CT molecular complexity index is 348. The summed E-state index contributed by atoms with van der Waals surface area (Å²) in [5.41, 5.74) is 1.02. The lowest BCUT2D eigenvalue weighted by Crippen LogP contribution is -2.34. The smallest absolute Gasteiger partial charge is 0.227 e. The van der Waals surface area contributed by atoms with Gasteiger partial charge < -0.3 is 9.69 Å². The van der Waals surface area contributed by atoms with Gasteiger partial charge >= 0.3 is 0 Å². The lowest BCUT2D eigenvalue weighted by atomic mass is 10.1. The molecule has 0 bridgehead atoms. The summed E-state index contributed by atoms with van der Waals surface area (Å²) in [6.07, 6.45) is 2.61. The van der Waals surface area contributed by atoms with Crippen molar-refractivity contribution in [3.05, 3.63) is 35.9 Å². The number of benzene rings is 1. The number of hydrogen-bond acceptors (Lipinski definition) is 2. The Morgan fingerprint density at radius 2 is 1.94 bits per heavy atom. The van der Waals surface area contributed by atoms with Crippen molar-refractivity contribution in [1.29, 1.82) is 0 Å². The van der Waals surface area contributed by atoms with E-state index < -0.39 is 0 Å². The molecule has 0 fully saturated rings. The van der Waals surface area contributed by atoms with Crippen molar-refractivity contribution >= 4 is 12.2 Å². The normalized spacial score (nSPS) is 9.94. The van der Waals surface area contributed by atoms with Crippen molar-refractivity contribution in [2.45, 2.75) is 26.2 Å². The van der Waals surface area contributed by atoms with E-state index in [1.54, 1.807) is 4.90 Å². The first-order chi connectivity index (χ1) is 8.27. The van der Waals surface area contributed by atoms with Crippen molar-refractivity contribution in [3.63, 3.8) is 0 Å². The Labute approximate surface area is 102 Å².